The highest BCUT2D eigenvalue weighted by molar-refractivity contribution is 5.78. The first-order chi connectivity index (χ1) is 8.21. The minimum absolute atomic E-state index is 0.243. The van der Waals surface area contributed by atoms with Crippen LogP contribution in [-0.4, -0.2) is 19.0 Å². The van der Waals surface area contributed by atoms with E-state index < -0.39 is 0 Å². The van der Waals surface area contributed by atoms with Gasteiger partial charge in [0.15, 0.2) is 0 Å². The Kier molecular flexibility index (Phi) is 6.56. The highest BCUT2D eigenvalue weighted by Gasteiger charge is 2.25. The summed E-state index contributed by atoms with van der Waals surface area (Å²) in [4.78, 5) is 12.0. The van der Waals surface area contributed by atoms with Crippen molar-refractivity contribution >= 4 is 5.91 Å². The van der Waals surface area contributed by atoms with E-state index in [1.54, 1.807) is 0 Å². The Balaban J connectivity index is 2.24. The third-order valence-corrected chi connectivity index (χ3v) is 4.27. The van der Waals surface area contributed by atoms with Crippen LogP contribution in [0.15, 0.2) is 0 Å². The van der Waals surface area contributed by atoms with Crippen LogP contribution in [0.5, 0.6) is 0 Å². The molecule has 1 fully saturated rings. The van der Waals surface area contributed by atoms with Gasteiger partial charge in [-0.25, -0.2) is 0 Å². The number of nitrogens with one attached hydrogen (secondary N) is 1. The predicted octanol–water partition coefficient (Wildman–Crippen LogP) is 2.30. The van der Waals surface area contributed by atoms with Crippen LogP contribution < -0.4 is 11.1 Å². The number of carbonyl (C=O) groups is 1. The average molecular weight is 240 g/mol. The molecule has 0 aliphatic heterocycles. The van der Waals surface area contributed by atoms with Crippen LogP contribution in [0.2, 0.25) is 0 Å². The number of rotatable bonds is 6. The van der Waals surface area contributed by atoms with Gasteiger partial charge in [-0.1, -0.05) is 26.7 Å². The van der Waals surface area contributed by atoms with E-state index in [0.717, 1.165) is 51.6 Å². The highest BCUT2D eigenvalue weighted by Crippen LogP contribution is 2.28. The molecule has 0 unspecified atom stereocenters. The summed E-state index contributed by atoms with van der Waals surface area (Å²) in [5, 5.41) is 3.12. The molecular weight excluding hydrogens is 212 g/mol. The van der Waals surface area contributed by atoms with E-state index in [0.29, 0.717) is 11.8 Å². The van der Waals surface area contributed by atoms with E-state index in [4.69, 9.17) is 5.73 Å². The fourth-order valence-electron chi connectivity index (χ4n) is 2.63. The molecule has 100 valence electrons. The third-order valence-electron chi connectivity index (χ3n) is 4.27. The van der Waals surface area contributed by atoms with Crippen molar-refractivity contribution in [2.75, 3.05) is 13.1 Å². The van der Waals surface area contributed by atoms with Crippen molar-refractivity contribution in [2.24, 2.45) is 23.5 Å². The van der Waals surface area contributed by atoms with Gasteiger partial charge < -0.3 is 11.1 Å². The average Bonchev–Trinajstić information content (AvgIpc) is 2.39. The first-order valence-corrected chi connectivity index (χ1v) is 7.18. The zero-order chi connectivity index (χ0) is 12.7. The van der Waals surface area contributed by atoms with Crippen molar-refractivity contribution in [1.29, 1.82) is 0 Å². The summed E-state index contributed by atoms with van der Waals surface area (Å²) in [7, 11) is 0. The highest BCUT2D eigenvalue weighted by atomic mass is 16.1. The molecule has 1 saturated carbocycles. The normalized spacial score (nSPS) is 24.9. The molecule has 0 aromatic rings. The minimum atomic E-state index is 0.243. The van der Waals surface area contributed by atoms with Crippen molar-refractivity contribution < 1.29 is 4.79 Å². The molecule has 3 heteroatoms. The zero-order valence-corrected chi connectivity index (χ0v) is 11.4. The summed E-state index contributed by atoms with van der Waals surface area (Å²) in [6.45, 7) is 6.00. The summed E-state index contributed by atoms with van der Waals surface area (Å²) < 4.78 is 0. The van der Waals surface area contributed by atoms with Gasteiger partial charge in [0.25, 0.3) is 0 Å². The lowest BCUT2D eigenvalue weighted by Gasteiger charge is -2.27. The van der Waals surface area contributed by atoms with E-state index in [9.17, 15) is 4.79 Å². The fraction of sp³-hybridized carbons (Fsp3) is 0.929. The first-order valence-electron chi connectivity index (χ1n) is 7.18. The summed E-state index contributed by atoms with van der Waals surface area (Å²) in [6.07, 6.45) is 6.60. The van der Waals surface area contributed by atoms with Gasteiger partial charge in [0.2, 0.25) is 5.91 Å². The van der Waals surface area contributed by atoms with E-state index in [-0.39, 0.29) is 11.8 Å². The molecule has 0 aromatic heterocycles. The van der Waals surface area contributed by atoms with Crippen molar-refractivity contribution in [2.45, 2.75) is 52.4 Å². The molecule has 1 amide bonds. The molecule has 1 aliphatic rings. The van der Waals surface area contributed by atoms with E-state index in [1.807, 2.05) is 0 Å². The smallest absolute Gasteiger partial charge is 0.223 e. The second-order valence-electron chi connectivity index (χ2n) is 5.38. The van der Waals surface area contributed by atoms with Crippen LogP contribution in [0.4, 0.5) is 0 Å². The summed E-state index contributed by atoms with van der Waals surface area (Å²) in [5.41, 5.74) is 5.66. The molecular formula is C14H28N2O. The summed E-state index contributed by atoms with van der Waals surface area (Å²) >= 11 is 0. The molecule has 0 saturated heterocycles. The molecule has 0 bridgehead atoms. The standard InChI is InChI=1S/C14H28N2O/c1-3-11(4-2)10-16-14(17)13-7-5-12(9-15)6-8-13/h11-13H,3-10,15H2,1-2H3,(H,16,17). The van der Waals surface area contributed by atoms with Gasteiger partial charge in [-0.2, -0.15) is 0 Å². The molecule has 3 N–H and O–H groups in total. The molecule has 0 spiro atoms. The number of nitrogens with two attached hydrogens (primary N) is 1. The van der Waals surface area contributed by atoms with Gasteiger partial charge in [0.05, 0.1) is 0 Å². The van der Waals surface area contributed by atoms with Crippen LogP contribution in [-0.2, 0) is 4.79 Å². The second kappa shape index (κ2) is 7.70. The minimum Gasteiger partial charge on any atom is -0.356 e. The van der Waals surface area contributed by atoms with Crippen molar-refractivity contribution in [3.63, 3.8) is 0 Å². The number of carbonyl (C=O) groups excluding carboxylic acids is 1. The monoisotopic (exact) mass is 240 g/mol. The number of amides is 1. The van der Waals surface area contributed by atoms with Crippen LogP contribution in [0.25, 0.3) is 0 Å². The largest absolute Gasteiger partial charge is 0.356 e. The van der Waals surface area contributed by atoms with Gasteiger partial charge in [0.1, 0.15) is 0 Å². The third kappa shape index (κ3) is 4.66. The molecule has 17 heavy (non-hydrogen) atoms. The Labute approximate surface area is 106 Å². The topological polar surface area (TPSA) is 55.1 Å². The Hall–Kier alpha value is -0.570. The number of hydrogen-bond donors (Lipinski definition) is 2. The predicted molar refractivity (Wildman–Crippen MR) is 71.6 cm³/mol. The molecule has 0 aromatic carbocycles. The maximum Gasteiger partial charge on any atom is 0.223 e. The SMILES string of the molecule is CCC(CC)CNC(=O)C1CCC(CN)CC1. The zero-order valence-electron chi connectivity index (χ0n) is 11.4. The van der Waals surface area contributed by atoms with Crippen molar-refractivity contribution in [3.05, 3.63) is 0 Å². The van der Waals surface area contributed by atoms with Gasteiger partial charge in [-0.3, -0.25) is 4.79 Å². The molecule has 0 radical (unpaired) electrons. The lowest BCUT2D eigenvalue weighted by Crippen LogP contribution is -2.36. The Morgan fingerprint density at radius 2 is 1.82 bits per heavy atom. The molecule has 1 aliphatic carbocycles. The second-order valence-corrected chi connectivity index (χ2v) is 5.38. The van der Waals surface area contributed by atoms with Crippen LogP contribution >= 0.6 is 0 Å². The fourth-order valence-corrected chi connectivity index (χ4v) is 2.63. The van der Waals surface area contributed by atoms with Gasteiger partial charge in [-0.15, -0.1) is 0 Å². The van der Waals surface area contributed by atoms with Crippen molar-refractivity contribution in [3.8, 4) is 0 Å². The molecule has 3 nitrogen and oxygen atoms in total. The molecule has 0 atom stereocenters. The number of hydrogen-bond acceptors (Lipinski definition) is 2. The Morgan fingerprint density at radius 1 is 1.24 bits per heavy atom. The van der Waals surface area contributed by atoms with E-state index in [2.05, 4.69) is 19.2 Å². The van der Waals surface area contributed by atoms with Crippen LogP contribution in [0, 0.1) is 17.8 Å². The van der Waals surface area contributed by atoms with Gasteiger partial charge in [0, 0.05) is 12.5 Å². The summed E-state index contributed by atoms with van der Waals surface area (Å²) in [6, 6.07) is 0. The Bertz CT molecular complexity index is 218. The van der Waals surface area contributed by atoms with Gasteiger partial charge in [-0.05, 0) is 44.1 Å². The van der Waals surface area contributed by atoms with E-state index in [1.165, 1.54) is 0 Å². The van der Waals surface area contributed by atoms with Crippen LogP contribution in [0.1, 0.15) is 52.4 Å². The molecule has 1 rings (SSSR count). The molecule has 0 heterocycles. The summed E-state index contributed by atoms with van der Waals surface area (Å²) in [5.74, 6) is 1.80. The first kappa shape index (κ1) is 14.5. The maximum absolute atomic E-state index is 12.0. The lowest BCUT2D eigenvalue weighted by molar-refractivity contribution is -0.126. The Morgan fingerprint density at radius 3 is 2.29 bits per heavy atom. The maximum atomic E-state index is 12.0. The van der Waals surface area contributed by atoms with Crippen LogP contribution in [0.3, 0.4) is 0 Å². The quantitative estimate of drug-likeness (QED) is 0.748. The van der Waals surface area contributed by atoms with Gasteiger partial charge >= 0.3 is 0 Å². The van der Waals surface area contributed by atoms with E-state index >= 15 is 0 Å². The lowest BCUT2D eigenvalue weighted by atomic mass is 9.81. The van der Waals surface area contributed by atoms with Crippen molar-refractivity contribution in [1.82, 2.24) is 5.32 Å².